The molecule has 0 fully saturated rings. The Balaban J connectivity index is 3.30. The Morgan fingerprint density at radius 1 is 0.900 bits per heavy atom. The van der Waals surface area contributed by atoms with Crippen molar-refractivity contribution in [2.24, 2.45) is 0 Å². The molecule has 0 aromatic carbocycles. The number of carbonyl (C=O) groups is 3. The standard InChI is InChI=1S/C14H22O6/c1-2-13(17)19-10-6-7-11-20-14(18)9-5-3-4-8-12(15)16/h2H,1,3-11H2,(H,15,16). The van der Waals surface area contributed by atoms with Crippen LogP contribution in [0.15, 0.2) is 12.7 Å². The summed E-state index contributed by atoms with van der Waals surface area (Å²) in [5, 5.41) is 8.43. The third-order valence-electron chi connectivity index (χ3n) is 2.48. The Hall–Kier alpha value is -1.85. The summed E-state index contributed by atoms with van der Waals surface area (Å²) in [6.45, 7) is 3.87. The average Bonchev–Trinajstić information content (AvgIpc) is 2.41. The first-order chi connectivity index (χ1) is 9.56. The quantitative estimate of drug-likeness (QED) is 0.335. The first-order valence-corrected chi connectivity index (χ1v) is 6.73. The number of unbranched alkanes of at least 4 members (excludes halogenated alkanes) is 3. The van der Waals surface area contributed by atoms with Crippen LogP contribution in [0.3, 0.4) is 0 Å². The van der Waals surface area contributed by atoms with E-state index >= 15 is 0 Å². The van der Waals surface area contributed by atoms with Crippen LogP contribution in [-0.2, 0) is 23.9 Å². The van der Waals surface area contributed by atoms with E-state index in [-0.39, 0.29) is 19.0 Å². The fourth-order valence-corrected chi connectivity index (χ4v) is 1.42. The van der Waals surface area contributed by atoms with Crippen molar-refractivity contribution in [1.82, 2.24) is 0 Å². The molecule has 0 spiro atoms. The van der Waals surface area contributed by atoms with Gasteiger partial charge in [-0.2, -0.15) is 0 Å². The summed E-state index contributed by atoms with van der Waals surface area (Å²) in [5.74, 6) is -1.54. The van der Waals surface area contributed by atoms with E-state index in [0.29, 0.717) is 45.1 Å². The summed E-state index contributed by atoms with van der Waals surface area (Å²) in [4.78, 5) is 32.3. The summed E-state index contributed by atoms with van der Waals surface area (Å²) in [6, 6.07) is 0. The Morgan fingerprint density at radius 2 is 1.50 bits per heavy atom. The number of carboxylic acid groups (broad SMARTS) is 1. The lowest BCUT2D eigenvalue weighted by atomic mass is 10.1. The second kappa shape index (κ2) is 12.2. The lowest BCUT2D eigenvalue weighted by Gasteiger charge is -2.05. The molecule has 0 unspecified atom stereocenters. The second-order valence-corrected chi connectivity index (χ2v) is 4.25. The van der Waals surface area contributed by atoms with Crippen molar-refractivity contribution >= 4 is 17.9 Å². The minimum absolute atomic E-state index is 0.137. The van der Waals surface area contributed by atoms with Crippen LogP contribution < -0.4 is 0 Å². The van der Waals surface area contributed by atoms with Gasteiger partial charge in [0.15, 0.2) is 0 Å². The lowest BCUT2D eigenvalue weighted by Crippen LogP contribution is -2.07. The SMILES string of the molecule is C=CC(=O)OCCCCOC(=O)CCCCCC(=O)O. The lowest BCUT2D eigenvalue weighted by molar-refractivity contribution is -0.144. The first kappa shape index (κ1) is 18.1. The van der Waals surface area contributed by atoms with Crippen LogP contribution in [0.25, 0.3) is 0 Å². The van der Waals surface area contributed by atoms with Crippen LogP contribution in [0.4, 0.5) is 0 Å². The highest BCUT2D eigenvalue weighted by Crippen LogP contribution is 2.04. The number of ether oxygens (including phenoxy) is 2. The fraction of sp³-hybridized carbons (Fsp3) is 0.643. The maximum atomic E-state index is 11.3. The van der Waals surface area contributed by atoms with E-state index in [1.54, 1.807) is 0 Å². The fourth-order valence-electron chi connectivity index (χ4n) is 1.42. The number of rotatable bonds is 12. The minimum Gasteiger partial charge on any atom is -0.481 e. The Morgan fingerprint density at radius 3 is 2.10 bits per heavy atom. The molecule has 0 atom stereocenters. The van der Waals surface area contributed by atoms with E-state index in [1.165, 1.54) is 0 Å². The maximum Gasteiger partial charge on any atom is 0.330 e. The molecule has 1 N–H and O–H groups in total. The van der Waals surface area contributed by atoms with Crippen molar-refractivity contribution in [2.75, 3.05) is 13.2 Å². The second-order valence-electron chi connectivity index (χ2n) is 4.25. The van der Waals surface area contributed by atoms with Gasteiger partial charge >= 0.3 is 17.9 Å². The maximum absolute atomic E-state index is 11.3. The first-order valence-electron chi connectivity index (χ1n) is 6.73. The smallest absolute Gasteiger partial charge is 0.330 e. The van der Waals surface area contributed by atoms with Gasteiger partial charge in [0.1, 0.15) is 0 Å². The zero-order valence-electron chi connectivity index (χ0n) is 11.6. The van der Waals surface area contributed by atoms with Gasteiger partial charge in [-0.3, -0.25) is 9.59 Å². The van der Waals surface area contributed by atoms with Crippen molar-refractivity contribution in [3.05, 3.63) is 12.7 Å². The van der Waals surface area contributed by atoms with Gasteiger partial charge in [0.05, 0.1) is 13.2 Å². The number of carbonyl (C=O) groups excluding carboxylic acids is 2. The average molecular weight is 286 g/mol. The molecule has 0 bridgehead atoms. The van der Waals surface area contributed by atoms with Crippen LogP contribution in [0.2, 0.25) is 0 Å². The Bertz CT molecular complexity index is 324. The number of carboxylic acids is 1. The third-order valence-corrected chi connectivity index (χ3v) is 2.48. The molecule has 0 radical (unpaired) electrons. The molecule has 0 aromatic rings. The van der Waals surface area contributed by atoms with E-state index < -0.39 is 11.9 Å². The van der Waals surface area contributed by atoms with Crippen LogP contribution in [0.5, 0.6) is 0 Å². The van der Waals surface area contributed by atoms with E-state index in [1.807, 2.05) is 0 Å². The van der Waals surface area contributed by atoms with Crippen molar-refractivity contribution in [3.8, 4) is 0 Å². The summed E-state index contributed by atoms with van der Waals surface area (Å²) in [6.07, 6.45) is 4.74. The molecule has 6 heteroatoms. The zero-order valence-corrected chi connectivity index (χ0v) is 11.6. The van der Waals surface area contributed by atoms with Gasteiger partial charge in [0.2, 0.25) is 0 Å². The third kappa shape index (κ3) is 12.6. The molecule has 20 heavy (non-hydrogen) atoms. The Kier molecular flexibility index (Phi) is 11.1. The molecule has 0 heterocycles. The van der Waals surface area contributed by atoms with Crippen molar-refractivity contribution in [3.63, 3.8) is 0 Å². The van der Waals surface area contributed by atoms with Gasteiger partial charge in [-0.25, -0.2) is 4.79 Å². The van der Waals surface area contributed by atoms with Gasteiger partial charge in [0, 0.05) is 18.9 Å². The highest BCUT2D eigenvalue weighted by molar-refractivity contribution is 5.81. The zero-order chi connectivity index (χ0) is 15.2. The minimum atomic E-state index is -0.815. The summed E-state index contributed by atoms with van der Waals surface area (Å²) in [5.41, 5.74) is 0. The van der Waals surface area contributed by atoms with E-state index in [2.05, 4.69) is 6.58 Å². The molecule has 0 aliphatic carbocycles. The largest absolute Gasteiger partial charge is 0.481 e. The predicted octanol–water partition coefficient (Wildman–Crippen LogP) is 2.07. The molecule has 0 saturated carbocycles. The summed E-state index contributed by atoms with van der Waals surface area (Å²) >= 11 is 0. The van der Waals surface area contributed by atoms with E-state index in [9.17, 15) is 14.4 Å². The monoisotopic (exact) mass is 286 g/mol. The predicted molar refractivity (Wildman–Crippen MR) is 72.1 cm³/mol. The molecule has 0 rings (SSSR count). The van der Waals surface area contributed by atoms with Gasteiger partial charge in [-0.05, 0) is 25.7 Å². The number of hydrogen-bond acceptors (Lipinski definition) is 5. The highest BCUT2D eigenvalue weighted by Gasteiger charge is 2.03. The van der Waals surface area contributed by atoms with Gasteiger partial charge < -0.3 is 14.6 Å². The van der Waals surface area contributed by atoms with Crippen LogP contribution in [0, 0.1) is 0 Å². The molecule has 0 saturated heterocycles. The Labute approximate surface area is 118 Å². The normalized spacial score (nSPS) is 9.80. The van der Waals surface area contributed by atoms with Crippen molar-refractivity contribution in [2.45, 2.75) is 44.9 Å². The van der Waals surface area contributed by atoms with E-state index in [0.717, 1.165) is 6.08 Å². The van der Waals surface area contributed by atoms with Gasteiger partial charge in [-0.15, -0.1) is 0 Å². The number of hydrogen-bond donors (Lipinski definition) is 1. The topological polar surface area (TPSA) is 89.9 Å². The van der Waals surface area contributed by atoms with Crippen LogP contribution in [-0.4, -0.2) is 36.2 Å². The molecule has 114 valence electrons. The van der Waals surface area contributed by atoms with E-state index in [4.69, 9.17) is 14.6 Å². The highest BCUT2D eigenvalue weighted by atomic mass is 16.5. The molecule has 6 nitrogen and oxygen atoms in total. The molecular weight excluding hydrogens is 264 g/mol. The molecule has 0 aromatic heterocycles. The number of esters is 2. The molecule has 0 amide bonds. The summed E-state index contributed by atoms with van der Waals surface area (Å²) < 4.78 is 9.75. The van der Waals surface area contributed by atoms with Crippen LogP contribution >= 0.6 is 0 Å². The summed E-state index contributed by atoms with van der Waals surface area (Å²) in [7, 11) is 0. The molecule has 0 aliphatic heterocycles. The van der Waals surface area contributed by atoms with Gasteiger partial charge in [-0.1, -0.05) is 13.0 Å². The van der Waals surface area contributed by atoms with Gasteiger partial charge in [0.25, 0.3) is 0 Å². The van der Waals surface area contributed by atoms with Crippen molar-refractivity contribution in [1.29, 1.82) is 0 Å². The van der Waals surface area contributed by atoms with Crippen molar-refractivity contribution < 1.29 is 29.0 Å². The van der Waals surface area contributed by atoms with Crippen LogP contribution in [0.1, 0.15) is 44.9 Å². The molecular formula is C14H22O6. The molecule has 0 aliphatic rings. The number of aliphatic carboxylic acids is 1.